The molecule has 0 bridgehead atoms. The number of rotatable bonds is 10. The van der Waals surface area contributed by atoms with Crippen LogP contribution in [0.15, 0.2) is 54.6 Å². The van der Waals surface area contributed by atoms with Crippen LogP contribution in [0, 0.1) is 0 Å². The quantitative estimate of drug-likeness (QED) is 0.343. The molecule has 1 saturated carbocycles. The van der Waals surface area contributed by atoms with E-state index >= 15 is 0 Å². The van der Waals surface area contributed by atoms with Crippen molar-refractivity contribution in [1.82, 2.24) is 4.90 Å². The molecule has 2 aromatic carbocycles. The van der Waals surface area contributed by atoms with E-state index in [1.54, 1.807) is 0 Å². The first-order valence-electron chi connectivity index (χ1n) is 11.6. The topological polar surface area (TPSA) is 3.24 Å². The predicted octanol–water partition coefficient (Wildman–Crippen LogP) is 7.44. The van der Waals surface area contributed by atoms with Crippen LogP contribution in [0.3, 0.4) is 0 Å². The molecule has 0 radical (unpaired) electrons. The molecule has 1 nitrogen and oxygen atoms in total. The Bertz CT molecular complexity index is 733. The molecular formula is C27H37Cl2N. The third-order valence-electron chi connectivity index (χ3n) is 6.73. The van der Waals surface area contributed by atoms with E-state index in [4.69, 9.17) is 23.2 Å². The maximum atomic E-state index is 6.32. The van der Waals surface area contributed by atoms with Gasteiger partial charge in [-0.15, -0.1) is 23.2 Å². The fourth-order valence-electron chi connectivity index (χ4n) is 4.87. The molecule has 0 aliphatic heterocycles. The van der Waals surface area contributed by atoms with Gasteiger partial charge in [-0.2, -0.15) is 0 Å². The molecule has 3 rings (SSSR count). The van der Waals surface area contributed by atoms with Gasteiger partial charge in [-0.1, -0.05) is 61.5 Å². The van der Waals surface area contributed by atoms with Crippen LogP contribution in [0.25, 0.3) is 0 Å². The van der Waals surface area contributed by atoms with Crippen LogP contribution in [0.5, 0.6) is 0 Å². The second-order valence-corrected chi connectivity index (χ2v) is 10.2. The summed E-state index contributed by atoms with van der Waals surface area (Å²) in [4.78, 5) is 2.70. The molecule has 3 heteroatoms. The van der Waals surface area contributed by atoms with Gasteiger partial charge in [-0.25, -0.2) is 0 Å². The van der Waals surface area contributed by atoms with Crippen LogP contribution in [-0.2, 0) is 12.8 Å². The van der Waals surface area contributed by atoms with Gasteiger partial charge in [0.05, 0.1) is 10.8 Å². The molecule has 0 spiro atoms. The van der Waals surface area contributed by atoms with Crippen molar-refractivity contribution in [3.63, 3.8) is 0 Å². The smallest absolute Gasteiger partial charge is 0.0505 e. The average Bonchev–Trinajstić information content (AvgIpc) is 3.09. The van der Waals surface area contributed by atoms with Crippen LogP contribution >= 0.6 is 23.2 Å². The first-order valence-corrected chi connectivity index (χ1v) is 12.5. The van der Waals surface area contributed by atoms with E-state index in [1.165, 1.54) is 29.5 Å². The third-order valence-corrected chi connectivity index (χ3v) is 7.83. The third kappa shape index (κ3) is 6.49. The van der Waals surface area contributed by atoms with E-state index in [0.717, 1.165) is 32.2 Å². The zero-order valence-electron chi connectivity index (χ0n) is 18.7. The summed E-state index contributed by atoms with van der Waals surface area (Å²) in [7, 11) is 0. The number of nitrogens with zero attached hydrogens (tertiary/aromatic N) is 1. The normalized spacial score (nSPS) is 22.7. The SMILES string of the molecule is CCC(CCc1ccc(C2CC(Cl)C(Cl)C2)cc1)N(CCc1ccccc1)C(C)C. The molecule has 164 valence electrons. The molecule has 0 N–H and O–H groups in total. The van der Waals surface area contributed by atoms with Crippen molar-refractivity contribution in [2.24, 2.45) is 0 Å². The molecule has 0 aromatic heterocycles. The molecule has 1 fully saturated rings. The largest absolute Gasteiger partial charge is 0.298 e. The highest BCUT2D eigenvalue weighted by Crippen LogP contribution is 2.40. The van der Waals surface area contributed by atoms with Crippen molar-refractivity contribution in [2.75, 3.05) is 6.54 Å². The molecule has 0 heterocycles. The second kappa shape index (κ2) is 11.6. The summed E-state index contributed by atoms with van der Waals surface area (Å²) in [5.74, 6) is 0.516. The molecule has 30 heavy (non-hydrogen) atoms. The minimum Gasteiger partial charge on any atom is -0.298 e. The Morgan fingerprint density at radius 2 is 1.47 bits per heavy atom. The lowest BCUT2D eigenvalue weighted by molar-refractivity contribution is 0.143. The highest BCUT2D eigenvalue weighted by molar-refractivity contribution is 6.30. The maximum absolute atomic E-state index is 6.32. The molecule has 3 unspecified atom stereocenters. The second-order valence-electron chi connectivity index (χ2n) is 9.11. The van der Waals surface area contributed by atoms with Crippen molar-refractivity contribution < 1.29 is 0 Å². The Morgan fingerprint density at radius 3 is 2.03 bits per heavy atom. The Labute approximate surface area is 193 Å². The number of hydrogen-bond acceptors (Lipinski definition) is 1. The van der Waals surface area contributed by atoms with Crippen LogP contribution in [0.2, 0.25) is 0 Å². The summed E-state index contributed by atoms with van der Waals surface area (Å²) < 4.78 is 0. The van der Waals surface area contributed by atoms with Crippen molar-refractivity contribution >= 4 is 23.2 Å². The van der Waals surface area contributed by atoms with Crippen molar-refractivity contribution in [3.05, 3.63) is 71.3 Å². The van der Waals surface area contributed by atoms with Crippen LogP contribution < -0.4 is 0 Å². The van der Waals surface area contributed by atoms with Gasteiger partial charge in [-0.3, -0.25) is 4.90 Å². The van der Waals surface area contributed by atoms with Crippen molar-refractivity contribution in [3.8, 4) is 0 Å². The minimum atomic E-state index is 0.111. The van der Waals surface area contributed by atoms with Crippen molar-refractivity contribution in [2.45, 2.75) is 88.1 Å². The number of hydrogen-bond donors (Lipinski definition) is 0. The monoisotopic (exact) mass is 445 g/mol. The number of benzene rings is 2. The molecule has 1 aliphatic rings. The van der Waals surface area contributed by atoms with Crippen molar-refractivity contribution in [1.29, 1.82) is 0 Å². The Balaban J connectivity index is 1.55. The van der Waals surface area contributed by atoms with Gasteiger partial charge in [0.1, 0.15) is 0 Å². The lowest BCUT2D eigenvalue weighted by Crippen LogP contribution is -2.41. The summed E-state index contributed by atoms with van der Waals surface area (Å²) in [5, 5.41) is 0.221. The fourth-order valence-corrected chi connectivity index (χ4v) is 5.50. The van der Waals surface area contributed by atoms with E-state index in [1.807, 2.05) is 0 Å². The van der Waals surface area contributed by atoms with Gasteiger partial charge >= 0.3 is 0 Å². The molecule has 0 saturated heterocycles. The summed E-state index contributed by atoms with van der Waals surface area (Å²) in [6.45, 7) is 8.12. The number of aryl methyl sites for hydroxylation is 1. The Kier molecular flexibility index (Phi) is 9.11. The van der Waals surface area contributed by atoms with E-state index in [9.17, 15) is 0 Å². The van der Waals surface area contributed by atoms with Gasteiger partial charge in [-0.05, 0) is 75.0 Å². The zero-order chi connectivity index (χ0) is 21.5. The van der Waals surface area contributed by atoms with Crippen LogP contribution in [0.4, 0.5) is 0 Å². The Morgan fingerprint density at radius 1 is 0.867 bits per heavy atom. The number of alkyl halides is 2. The van der Waals surface area contributed by atoms with Gasteiger partial charge in [0.2, 0.25) is 0 Å². The fraction of sp³-hybridized carbons (Fsp3) is 0.556. The van der Waals surface area contributed by atoms with Gasteiger partial charge < -0.3 is 0 Å². The van der Waals surface area contributed by atoms with E-state index in [-0.39, 0.29) is 10.8 Å². The first kappa shape index (κ1) is 23.6. The molecule has 2 aromatic rings. The zero-order valence-corrected chi connectivity index (χ0v) is 20.2. The standard InChI is InChI=1S/C27H37Cl2N/c1-4-25(30(20(2)3)17-16-21-8-6-5-7-9-21)15-12-22-10-13-23(14-11-22)24-18-26(28)27(29)19-24/h5-11,13-14,20,24-27H,4,12,15-19H2,1-3H3. The lowest BCUT2D eigenvalue weighted by atomic mass is 9.94. The van der Waals surface area contributed by atoms with Crippen LogP contribution in [0.1, 0.15) is 69.1 Å². The maximum Gasteiger partial charge on any atom is 0.0505 e. The molecular weight excluding hydrogens is 409 g/mol. The van der Waals surface area contributed by atoms with E-state index in [0.29, 0.717) is 18.0 Å². The molecule has 3 atom stereocenters. The van der Waals surface area contributed by atoms with Crippen LogP contribution in [-0.4, -0.2) is 34.3 Å². The molecule has 1 aliphatic carbocycles. The summed E-state index contributed by atoms with van der Waals surface area (Å²) in [6, 6.07) is 21.3. The van der Waals surface area contributed by atoms with Gasteiger partial charge in [0, 0.05) is 18.6 Å². The summed E-state index contributed by atoms with van der Waals surface area (Å²) in [5.41, 5.74) is 4.26. The lowest BCUT2D eigenvalue weighted by Gasteiger charge is -2.35. The minimum absolute atomic E-state index is 0.111. The van der Waals surface area contributed by atoms with Gasteiger partial charge in [0.25, 0.3) is 0 Å². The summed E-state index contributed by atoms with van der Waals surface area (Å²) >= 11 is 12.6. The highest BCUT2D eigenvalue weighted by Gasteiger charge is 2.32. The average molecular weight is 447 g/mol. The summed E-state index contributed by atoms with van der Waals surface area (Å²) in [6.07, 6.45) is 6.65. The van der Waals surface area contributed by atoms with E-state index in [2.05, 4.69) is 80.3 Å². The predicted molar refractivity (Wildman–Crippen MR) is 132 cm³/mol. The first-order chi connectivity index (χ1) is 14.5. The highest BCUT2D eigenvalue weighted by atomic mass is 35.5. The Hall–Kier alpha value is -1.02. The van der Waals surface area contributed by atoms with Gasteiger partial charge in [0.15, 0.2) is 0 Å². The van der Waals surface area contributed by atoms with E-state index < -0.39 is 0 Å². The number of halogens is 2. The molecule has 0 amide bonds.